The highest BCUT2D eigenvalue weighted by atomic mass is 16.3. The van der Waals surface area contributed by atoms with Crippen LogP contribution in [0.2, 0.25) is 0 Å². The van der Waals surface area contributed by atoms with E-state index in [0.717, 1.165) is 17.3 Å². The summed E-state index contributed by atoms with van der Waals surface area (Å²) in [6.07, 6.45) is 0.868. The van der Waals surface area contributed by atoms with E-state index in [0.29, 0.717) is 18.8 Å². The van der Waals surface area contributed by atoms with Gasteiger partial charge in [0.15, 0.2) is 5.69 Å². The number of hydrogen-bond donors (Lipinski definition) is 1. The molecule has 3 rings (SSSR count). The Morgan fingerprint density at radius 1 is 1.47 bits per heavy atom. The number of hydrogen-bond acceptors (Lipinski definition) is 3. The number of carbonyl (C=O) groups is 1. The molecule has 100 valence electrons. The van der Waals surface area contributed by atoms with Crippen LogP contribution in [0.1, 0.15) is 16.9 Å². The van der Waals surface area contributed by atoms with Gasteiger partial charge in [-0.15, -0.1) is 0 Å². The van der Waals surface area contributed by atoms with E-state index in [9.17, 15) is 4.79 Å². The second-order valence-corrected chi connectivity index (χ2v) is 5.08. The van der Waals surface area contributed by atoms with E-state index in [2.05, 4.69) is 5.10 Å². The lowest BCUT2D eigenvalue weighted by molar-refractivity contribution is 0.0777. The highest BCUT2D eigenvalue weighted by Gasteiger charge is 2.28. The Labute approximate surface area is 111 Å². The molecule has 5 heteroatoms. The Morgan fingerprint density at radius 3 is 3.00 bits per heavy atom. The zero-order valence-corrected chi connectivity index (χ0v) is 10.9. The van der Waals surface area contributed by atoms with Crippen LogP contribution in [0.25, 0.3) is 10.9 Å². The molecule has 1 fully saturated rings. The SMILES string of the molecule is Cn1nc(C(=O)N2CCC(CO)C2)c2ccccc21. The lowest BCUT2D eigenvalue weighted by Gasteiger charge is -2.14. The maximum Gasteiger partial charge on any atom is 0.275 e. The van der Waals surface area contributed by atoms with Crippen molar-refractivity contribution in [1.82, 2.24) is 14.7 Å². The highest BCUT2D eigenvalue weighted by Crippen LogP contribution is 2.22. The molecule has 2 heterocycles. The van der Waals surface area contributed by atoms with Crippen LogP contribution in [0.3, 0.4) is 0 Å². The third kappa shape index (κ3) is 2.00. The molecule has 1 N–H and O–H groups in total. The molecule has 0 radical (unpaired) electrons. The van der Waals surface area contributed by atoms with Crippen molar-refractivity contribution in [2.24, 2.45) is 13.0 Å². The Kier molecular flexibility index (Phi) is 2.98. The number of aromatic nitrogens is 2. The largest absolute Gasteiger partial charge is 0.396 e. The van der Waals surface area contributed by atoms with Gasteiger partial charge >= 0.3 is 0 Å². The third-order valence-electron chi connectivity index (χ3n) is 3.79. The van der Waals surface area contributed by atoms with Crippen molar-refractivity contribution in [3.63, 3.8) is 0 Å². The number of benzene rings is 1. The summed E-state index contributed by atoms with van der Waals surface area (Å²) in [5.74, 6) is 0.173. The van der Waals surface area contributed by atoms with Gasteiger partial charge in [-0.1, -0.05) is 18.2 Å². The fourth-order valence-electron chi connectivity index (χ4n) is 2.69. The van der Waals surface area contributed by atoms with E-state index >= 15 is 0 Å². The molecule has 0 bridgehead atoms. The molecule has 0 spiro atoms. The number of para-hydroxylation sites is 1. The molecule has 1 aliphatic rings. The Bertz CT molecular complexity index is 620. The molecule has 1 amide bonds. The summed E-state index contributed by atoms with van der Waals surface area (Å²) < 4.78 is 1.74. The molecule has 1 aromatic carbocycles. The summed E-state index contributed by atoms with van der Waals surface area (Å²) in [7, 11) is 1.85. The number of rotatable bonds is 2. The van der Waals surface area contributed by atoms with Crippen LogP contribution in [0, 0.1) is 5.92 Å². The molecule has 0 aliphatic carbocycles. The number of aliphatic hydroxyl groups is 1. The van der Waals surface area contributed by atoms with Crippen LogP contribution in [0.4, 0.5) is 0 Å². The van der Waals surface area contributed by atoms with Gasteiger partial charge in [0, 0.05) is 38.0 Å². The molecular weight excluding hydrogens is 242 g/mol. The lowest BCUT2D eigenvalue weighted by Crippen LogP contribution is -2.29. The summed E-state index contributed by atoms with van der Waals surface area (Å²) in [4.78, 5) is 14.3. The number of nitrogens with zero attached hydrogens (tertiary/aromatic N) is 3. The average molecular weight is 259 g/mol. The number of likely N-dealkylation sites (tertiary alicyclic amines) is 1. The predicted molar refractivity (Wildman–Crippen MR) is 71.8 cm³/mol. The van der Waals surface area contributed by atoms with Gasteiger partial charge in [0.2, 0.25) is 0 Å². The van der Waals surface area contributed by atoms with Gasteiger partial charge < -0.3 is 10.0 Å². The first-order chi connectivity index (χ1) is 9.20. The van der Waals surface area contributed by atoms with Crippen molar-refractivity contribution in [1.29, 1.82) is 0 Å². The van der Waals surface area contributed by atoms with Gasteiger partial charge in [0.1, 0.15) is 0 Å². The number of aliphatic hydroxyl groups excluding tert-OH is 1. The fourth-order valence-corrected chi connectivity index (χ4v) is 2.69. The van der Waals surface area contributed by atoms with Crippen LogP contribution in [-0.2, 0) is 7.05 Å². The van der Waals surface area contributed by atoms with Crippen molar-refractivity contribution in [2.45, 2.75) is 6.42 Å². The molecular formula is C14H17N3O2. The molecule has 19 heavy (non-hydrogen) atoms. The van der Waals surface area contributed by atoms with Crippen molar-refractivity contribution < 1.29 is 9.90 Å². The number of amides is 1. The normalized spacial score (nSPS) is 19.3. The monoisotopic (exact) mass is 259 g/mol. The topological polar surface area (TPSA) is 58.4 Å². The number of carbonyl (C=O) groups excluding carboxylic acids is 1. The summed E-state index contributed by atoms with van der Waals surface area (Å²) in [6.45, 7) is 1.47. The Hall–Kier alpha value is -1.88. The second kappa shape index (κ2) is 4.66. The van der Waals surface area contributed by atoms with E-state index in [1.807, 2.05) is 31.3 Å². The minimum Gasteiger partial charge on any atom is -0.396 e. The van der Waals surface area contributed by atoms with Crippen LogP contribution in [0.5, 0.6) is 0 Å². The Morgan fingerprint density at radius 2 is 2.26 bits per heavy atom. The summed E-state index contributed by atoms with van der Waals surface area (Å²) in [5, 5.41) is 14.4. The predicted octanol–water partition coefficient (Wildman–Crippen LogP) is 1.03. The van der Waals surface area contributed by atoms with E-state index in [1.165, 1.54) is 0 Å². The van der Waals surface area contributed by atoms with Crippen molar-refractivity contribution in [3.8, 4) is 0 Å². The lowest BCUT2D eigenvalue weighted by atomic mass is 10.1. The maximum absolute atomic E-state index is 12.5. The van der Waals surface area contributed by atoms with Crippen LogP contribution >= 0.6 is 0 Å². The molecule has 1 aromatic heterocycles. The van der Waals surface area contributed by atoms with Gasteiger partial charge in [-0.25, -0.2) is 0 Å². The summed E-state index contributed by atoms with van der Waals surface area (Å²) >= 11 is 0. The van der Waals surface area contributed by atoms with Crippen LogP contribution in [-0.4, -0.2) is 45.4 Å². The molecule has 1 aliphatic heterocycles. The zero-order chi connectivity index (χ0) is 13.4. The van der Waals surface area contributed by atoms with Gasteiger partial charge in [-0.2, -0.15) is 5.10 Å². The second-order valence-electron chi connectivity index (χ2n) is 5.08. The fraction of sp³-hybridized carbons (Fsp3) is 0.429. The van der Waals surface area contributed by atoms with E-state index in [-0.39, 0.29) is 18.4 Å². The molecule has 0 saturated carbocycles. The zero-order valence-electron chi connectivity index (χ0n) is 10.9. The maximum atomic E-state index is 12.5. The van der Waals surface area contributed by atoms with Crippen molar-refractivity contribution in [2.75, 3.05) is 19.7 Å². The highest BCUT2D eigenvalue weighted by molar-refractivity contribution is 6.04. The van der Waals surface area contributed by atoms with E-state index in [1.54, 1.807) is 9.58 Å². The van der Waals surface area contributed by atoms with Crippen molar-refractivity contribution in [3.05, 3.63) is 30.0 Å². The van der Waals surface area contributed by atoms with Crippen molar-refractivity contribution >= 4 is 16.8 Å². The first-order valence-corrected chi connectivity index (χ1v) is 6.52. The smallest absolute Gasteiger partial charge is 0.275 e. The number of aryl methyl sites for hydroxylation is 1. The van der Waals surface area contributed by atoms with Crippen LogP contribution in [0.15, 0.2) is 24.3 Å². The van der Waals surface area contributed by atoms with Gasteiger partial charge in [-0.3, -0.25) is 9.48 Å². The quantitative estimate of drug-likeness (QED) is 0.876. The Balaban J connectivity index is 1.94. The minimum atomic E-state index is -0.0345. The van der Waals surface area contributed by atoms with Gasteiger partial charge in [0.25, 0.3) is 5.91 Å². The van der Waals surface area contributed by atoms with E-state index in [4.69, 9.17) is 5.11 Å². The van der Waals surface area contributed by atoms with Crippen LogP contribution < -0.4 is 0 Å². The average Bonchev–Trinajstić information content (AvgIpc) is 3.04. The number of fused-ring (bicyclic) bond motifs is 1. The third-order valence-corrected chi connectivity index (χ3v) is 3.79. The standard InChI is InChI=1S/C14H17N3O2/c1-16-12-5-3-2-4-11(12)13(15-16)14(19)17-7-6-10(8-17)9-18/h2-5,10,18H,6-9H2,1H3. The van der Waals surface area contributed by atoms with E-state index < -0.39 is 0 Å². The molecule has 1 atom stereocenters. The molecule has 1 unspecified atom stereocenters. The van der Waals surface area contributed by atoms with Gasteiger partial charge in [-0.05, 0) is 12.5 Å². The molecule has 5 nitrogen and oxygen atoms in total. The molecule has 2 aromatic rings. The summed E-state index contributed by atoms with van der Waals surface area (Å²) in [5.41, 5.74) is 1.47. The molecule has 1 saturated heterocycles. The first-order valence-electron chi connectivity index (χ1n) is 6.52. The first kappa shape index (κ1) is 12.2. The minimum absolute atomic E-state index is 0.0345. The van der Waals surface area contributed by atoms with Gasteiger partial charge in [0.05, 0.1) is 5.52 Å². The summed E-state index contributed by atoms with van der Waals surface area (Å²) in [6, 6.07) is 7.74.